The number of aryl methyl sites for hydroxylation is 1. The fourth-order valence-electron chi connectivity index (χ4n) is 3.42. The van der Waals surface area contributed by atoms with Gasteiger partial charge >= 0.3 is 0 Å². The van der Waals surface area contributed by atoms with E-state index in [9.17, 15) is 8.42 Å². The summed E-state index contributed by atoms with van der Waals surface area (Å²) in [6, 6.07) is 5.25. The molecule has 0 aliphatic carbocycles. The highest BCUT2D eigenvalue weighted by atomic mass is 32.2. The summed E-state index contributed by atoms with van der Waals surface area (Å²) in [6.45, 7) is 8.28. The SMILES string of the molecule is CCn1c(CN2CCC(C)CC2)nc2cc(S(=O)(=O)N(C)C)ccc21. The van der Waals surface area contributed by atoms with E-state index in [-0.39, 0.29) is 0 Å². The van der Waals surface area contributed by atoms with Gasteiger partial charge in [0.15, 0.2) is 0 Å². The van der Waals surface area contributed by atoms with Crippen LogP contribution in [0.5, 0.6) is 0 Å². The van der Waals surface area contributed by atoms with Crippen LogP contribution in [0.4, 0.5) is 0 Å². The molecule has 0 atom stereocenters. The minimum Gasteiger partial charge on any atom is -0.327 e. The number of imidazole rings is 1. The van der Waals surface area contributed by atoms with Crippen molar-refractivity contribution in [3.05, 3.63) is 24.0 Å². The van der Waals surface area contributed by atoms with Crippen molar-refractivity contribution in [1.29, 1.82) is 0 Å². The van der Waals surface area contributed by atoms with Gasteiger partial charge in [0, 0.05) is 20.6 Å². The maximum Gasteiger partial charge on any atom is 0.242 e. The molecule has 0 spiro atoms. The zero-order valence-corrected chi connectivity index (χ0v) is 16.4. The van der Waals surface area contributed by atoms with E-state index in [0.717, 1.165) is 49.0 Å². The van der Waals surface area contributed by atoms with Gasteiger partial charge in [-0.1, -0.05) is 6.92 Å². The van der Waals surface area contributed by atoms with Crippen LogP contribution in [0.3, 0.4) is 0 Å². The van der Waals surface area contributed by atoms with Crippen molar-refractivity contribution >= 4 is 21.1 Å². The van der Waals surface area contributed by atoms with Crippen molar-refractivity contribution in [3.63, 3.8) is 0 Å². The summed E-state index contributed by atoms with van der Waals surface area (Å²) in [7, 11) is -0.341. The van der Waals surface area contributed by atoms with Crippen LogP contribution in [-0.4, -0.2) is 54.4 Å². The van der Waals surface area contributed by atoms with Crippen LogP contribution in [0.15, 0.2) is 23.1 Å². The lowest BCUT2D eigenvalue weighted by atomic mass is 9.99. The number of likely N-dealkylation sites (tertiary alicyclic amines) is 1. The van der Waals surface area contributed by atoms with Crippen LogP contribution in [0.25, 0.3) is 11.0 Å². The summed E-state index contributed by atoms with van der Waals surface area (Å²) in [4.78, 5) is 7.51. The van der Waals surface area contributed by atoms with Gasteiger partial charge < -0.3 is 4.57 Å². The molecule has 1 fully saturated rings. The molecule has 2 aromatic rings. The molecule has 1 aromatic heterocycles. The molecule has 0 bridgehead atoms. The number of nitrogens with zero attached hydrogens (tertiary/aromatic N) is 4. The molecule has 2 heterocycles. The molecule has 0 saturated carbocycles. The Balaban J connectivity index is 1.94. The highest BCUT2D eigenvalue weighted by Crippen LogP contribution is 2.24. The number of aromatic nitrogens is 2. The lowest BCUT2D eigenvalue weighted by Crippen LogP contribution is -2.33. The lowest BCUT2D eigenvalue weighted by molar-refractivity contribution is 0.180. The number of hydrogen-bond donors (Lipinski definition) is 0. The van der Waals surface area contributed by atoms with Crippen molar-refractivity contribution in [2.24, 2.45) is 5.92 Å². The number of rotatable bonds is 5. The van der Waals surface area contributed by atoms with Crippen LogP contribution in [0.2, 0.25) is 0 Å². The second kappa shape index (κ2) is 7.05. The third-order valence-electron chi connectivity index (χ3n) is 5.13. The Labute approximate surface area is 150 Å². The quantitative estimate of drug-likeness (QED) is 0.818. The average molecular weight is 365 g/mol. The molecule has 1 aromatic carbocycles. The summed E-state index contributed by atoms with van der Waals surface area (Å²) < 4.78 is 28.2. The van der Waals surface area contributed by atoms with E-state index in [1.165, 1.54) is 17.1 Å². The fraction of sp³-hybridized carbons (Fsp3) is 0.611. The molecule has 25 heavy (non-hydrogen) atoms. The maximum absolute atomic E-state index is 12.4. The summed E-state index contributed by atoms with van der Waals surface area (Å²) in [5.41, 5.74) is 1.76. The van der Waals surface area contributed by atoms with Crippen molar-refractivity contribution in [1.82, 2.24) is 18.8 Å². The average Bonchev–Trinajstić information content (AvgIpc) is 2.92. The van der Waals surface area contributed by atoms with Gasteiger partial charge in [-0.2, -0.15) is 0 Å². The van der Waals surface area contributed by atoms with Gasteiger partial charge in [0.05, 0.1) is 22.5 Å². The molecule has 1 aliphatic heterocycles. The third-order valence-corrected chi connectivity index (χ3v) is 6.95. The van der Waals surface area contributed by atoms with E-state index in [2.05, 4.69) is 23.3 Å². The minimum atomic E-state index is -3.44. The number of sulfonamides is 1. The Morgan fingerprint density at radius 3 is 2.52 bits per heavy atom. The molecule has 1 saturated heterocycles. The Morgan fingerprint density at radius 1 is 1.24 bits per heavy atom. The van der Waals surface area contributed by atoms with Gasteiger partial charge in [0.25, 0.3) is 0 Å². The van der Waals surface area contributed by atoms with Crippen LogP contribution in [0, 0.1) is 5.92 Å². The Hall–Kier alpha value is -1.44. The molecule has 6 nitrogen and oxygen atoms in total. The fourth-order valence-corrected chi connectivity index (χ4v) is 4.35. The largest absolute Gasteiger partial charge is 0.327 e. The van der Waals surface area contributed by atoms with E-state index < -0.39 is 10.0 Å². The lowest BCUT2D eigenvalue weighted by Gasteiger charge is -2.29. The second-order valence-corrected chi connectivity index (χ2v) is 9.32. The highest BCUT2D eigenvalue weighted by Gasteiger charge is 2.21. The molecular weight excluding hydrogens is 336 g/mol. The first-order valence-corrected chi connectivity index (χ1v) is 10.4. The predicted molar refractivity (Wildman–Crippen MR) is 100.0 cm³/mol. The zero-order chi connectivity index (χ0) is 18.2. The maximum atomic E-state index is 12.4. The first-order chi connectivity index (χ1) is 11.8. The molecule has 0 unspecified atom stereocenters. The molecule has 0 amide bonds. The molecule has 0 radical (unpaired) electrons. The second-order valence-electron chi connectivity index (χ2n) is 7.17. The smallest absolute Gasteiger partial charge is 0.242 e. The van der Waals surface area contributed by atoms with Crippen LogP contribution in [-0.2, 0) is 23.1 Å². The van der Waals surface area contributed by atoms with Gasteiger partial charge in [-0.3, -0.25) is 4.90 Å². The Bertz CT molecular complexity index is 849. The molecule has 7 heteroatoms. The van der Waals surface area contributed by atoms with Crippen LogP contribution < -0.4 is 0 Å². The third kappa shape index (κ3) is 3.59. The first-order valence-electron chi connectivity index (χ1n) is 8.97. The molecule has 138 valence electrons. The van der Waals surface area contributed by atoms with E-state index in [0.29, 0.717) is 4.90 Å². The number of piperidine rings is 1. The predicted octanol–water partition coefficient (Wildman–Crippen LogP) is 2.54. The minimum absolute atomic E-state index is 0.295. The van der Waals surface area contributed by atoms with Crippen molar-refractivity contribution in [2.45, 2.75) is 44.7 Å². The summed E-state index contributed by atoms with van der Waals surface area (Å²) >= 11 is 0. The van der Waals surface area contributed by atoms with Crippen molar-refractivity contribution < 1.29 is 8.42 Å². The van der Waals surface area contributed by atoms with Crippen LogP contribution >= 0.6 is 0 Å². The van der Waals surface area contributed by atoms with E-state index in [4.69, 9.17) is 4.98 Å². The van der Waals surface area contributed by atoms with Gasteiger partial charge in [-0.15, -0.1) is 0 Å². The zero-order valence-electron chi connectivity index (χ0n) is 15.6. The number of benzene rings is 1. The summed E-state index contributed by atoms with van der Waals surface area (Å²) in [6.07, 6.45) is 2.47. The van der Waals surface area contributed by atoms with E-state index in [1.54, 1.807) is 26.2 Å². The van der Waals surface area contributed by atoms with Crippen molar-refractivity contribution in [2.75, 3.05) is 27.2 Å². The topological polar surface area (TPSA) is 58.4 Å². The summed E-state index contributed by atoms with van der Waals surface area (Å²) in [5, 5.41) is 0. The monoisotopic (exact) mass is 364 g/mol. The van der Waals surface area contributed by atoms with Crippen molar-refractivity contribution in [3.8, 4) is 0 Å². The summed E-state index contributed by atoms with van der Waals surface area (Å²) in [5.74, 6) is 1.83. The Kier molecular flexibility index (Phi) is 5.18. The van der Waals surface area contributed by atoms with E-state index >= 15 is 0 Å². The normalized spacial score (nSPS) is 17.6. The standard InChI is InChI=1S/C18H28N4O2S/c1-5-22-17-7-6-15(25(23,24)20(3)4)12-16(17)19-18(22)13-21-10-8-14(2)9-11-21/h6-7,12,14H,5,8-11,13H2,1-4H3. The number of hydrogen-bond acceptors (Lipinski definition) is 4. The number of fused-ring (bicyclic) bond motifs is 1. The Morgan fingerprint density at radius 2 is 1.92 bits per heavy atom. The van der Waals surface area contributed by atoms with Gasteiger partial charge in [0.2, 0.25) is 10.0 Å². The highest BCUT2D eigenvalue weighted by molar-refractivity contribution is 7.89. The molecule has 3 rings (SSSR count). The van der Waals surface area contributed by atoms with Gasteiger partial charge in [-0.25, -0.2) is 17.7 Å². The first kappa shape index (κ1) is 18.4. The van der Waals surface area contributed by atoms with Crippen LogP contribution in [0.1, 0.15) is 32.5 Å². The molecule has 1 aliphatic rings. The van der Waals surface area contributed by atoms with E-state index in [1.807, 2.05) is 6.07 Å². The van der Waals surface area contributed by atoms with Gasteiger partial charge in [-0.05, 0) is 57.0 Å². The molecule has 0 N–H and O–H groups in total. The van der Waals surface area contributed by atoms with Gasteiger partial charge in [0.1, 0.15) is 5.82 Å². The molecular formula is C18H28N4O2S.